The first-order valence-electron chi connectivity index (χ1n) is 6.18. The molecule has 19 heavy (non-hydrogen) atoms. The summed E-state index contributed by atoms with van der Waals surface area (Å²) >= 11 is 0. The number of esters is 1. The van der Waals surface area contributed by atoms with E-state index in [1.807, 2.05) is 13.8 Å². The molecule has 0 aliphatic rings. The molecule has 0 atom stereocenters. The van der Waals surface area contributed by atoms with Crippen LogP contribution in [0.25, 0.3) is 0 Å². The fraction of sp³-hybridized carbons (Fsp3) is 0.429. The first-order chi connectivity index (χ1) is 8.99. The number of ether oxygens (including phenoxy) is 1. The molecule has 0 spiro atoms. The van der Waals surface area contributed by atoms with E-state index in [0.29, 0.717) is 23.7 Å². The summed E-state index contributed by atoms with van der Waals surface area (Å²) in [6.45, 7) is 4.53. The highest BCUT2D eigenvalue weighted by molar-refractivity contribution is 5.97. The SMILES string of the molecule is COC(=O)c1cccc(N(CC(C)C)C(=O)CN)c1. The van der Waals surface area contributed by atoms with Crippen LogP contribution in [0.15, 0.2) is 24.3 Å². The molecule has 0 bridgehead atoms. The Morgan fingerprint density at radius 1 is 1.37 bits per heavy atom. The van der Waals surface area contributed by atoms with Crippen LogP contribution in [0.3, 0.4) is 0 Å². The topological polar surface area (TPSA) is 72.6 Å². The van der Waals surface area contributed by atoms with Gasteiger partial charge in [-0.2, -0.15) is 0 Å². The molecule has 0 unspecified atom stereocenters. The summed E-state index contributed by atoms with van der Waals surface area (Å²) in [5.74, 6) is -0.292. The Balaban J connectivity index is 3.08. The smallest absolute Gasteiger partial charge is 0.337 e. The summed E-state index contributed by atoms with van der Waals surface area (Å²) in [4.78, 5) is 25.0. The standard InChI is InChI=1S/C14H20N2O3/c1-10(2)9-16(13(17)8-15)12-6-4-5-11(7-12)14(18)19-3/h4-7,10H,8-9,15H2,1-3H3. The Morgan fingerprint density at radius 2 is 2.05 bits per heavy atom. The van der Waals surface area contributed by atoms with Gasteiger partial charge in [-0.1, -0.05) is 19.9 Å². The van der Waals surface area contributed by atoms with Gasteiger partial charge in [-0.15, -0.1) is 0 Å². The van der Waals surface area contributed by atoms with Gasteiger partial charge in [-0.05, 0) is 24.1 Å². The van der Waals surface area contributed by atoms with E-state index >= 15 is 0 Å². The maximum absolute atomic E-state index is 11.9. The van der Waals surface area contributed by atoms with Crippen molar-refractivity contribution in [3.05, 3.63) is 29.8 Å². The van der Waals surface area contributed by atoms with Crippen molar-refractivity contribution >= 4 is 17.6 Å². The summed E-state index contributed by atoms with van der Waals surface area (Å²) in [7, 11) is 1.33. The number of carbonyl (C=O) groups excluding carboxylic acids is 2. The Hall–Kier alpha value is -1.88. The van der Waals surface area contributed by atoms with Crippen LogP contribution in [-0.2, 0) is 9.53 Å². The molecule has 0 aliphatic carbocycles. The summed E-state index contributed by atoms with van der Waals surface area (Å²) in [5, 5.41) is 0. The van der Waals surface area contributed by atoms with Gasteiger partial charge in [0.2, 0.25) is 5.91 Å². The third kappa shape index (κ3) is 4.06. The van der Waals surface area contributed by atoms with Crippen LogP contribution < -0.4 is 10.6 Å². The van der Waals surface area contributed by atoms with Gasteiger partial charge in [0.15, 0.2) is 0 Å². The zero-order chi connectivity index (χ0) is 14.4. The van der Waals surface area contributed by atoms with Crippen LogP contribution in [0.1, 0.15) is 24.2 Å². The average molecular weight is 264 g/mol. The molecule has 0 fully saturated rings. The normalized spacial score (nSPS) is 10.4. The second kappa shape index (κ2) is 6.89. The molecule has 1 aromatic rings. The van der Waals surface area contributed by atoms with Gasteiger partial charge in [-0.25, -0.2) is 4.79 Å². The van der Waals surface area contributed by atoms with E-state index in [-0.39, 0.29) is 12.5 Å². The lowest BCUT2D eigenvalue weighted by Crippen LogP contribution is -2.38. The van der Waals surface area contributed by atoms with Gasteiger partial charge >= 0.3 is 5.97 Å². The molecule has 5 heteroatoms. The number of hydrogen-bond acceptors (Lipinski definition) is 4. The summed E-state index contributed by atoms with van der Waals surface area (Å²) in [6.07, 6.45) is 0. The molecular formula is C14H20N2O3. The third-order valence-electron chi connectivity index (χ3n) is 2.60. The second-order valence-corrected chi connectivity index (χ2v) is 4.64. The van der Waals surface area contributed by atoms with Crippen molar-refractivity contribution in [1.29, 1.82) is 0 Å². The number of benzene rings is 1. The van der Waals surface area contributed by atoms with Crippen LogP contribution in [-0.4, -0.2) is 32.1 Å². The molecule has 0 saturated carbocycles. The monoisotopic (exact) mass is 264 g/mol. The number of amides is 1. The first-order valence-corrected chi connectivity index (χ1v) is 6.18. The molecule has 2 N–H and O–H groups in total. The largest absolute Gasteiger partial charge is 0.465 e. The molecule has 0 saturated heterocycles. The van der Waals surface area contributed by atoms with Crippen molar-refractivity contribution < 1.29 is 14.3 Å². The minimum atomic E-state index is -0.424. The quantitative estimate of drug-likeness (QED) is 0.816. The van der Waals surface area contributed by atoms with Crippen LogP contribution in [0.5, 0.6) is 0 Å². The van der Waals surface area contributed by atoms with Crippen molar-refractivity contribution in [2.24, 2.45) is 11.7 Å². The van der Waals surface area contributed by atoms with Gasteiger partial charge < -0.3 is 15.4 Å². The van der Waals surface area contributed by atoms with E-state index in [4.69, 9.17) is 5.73 Å². The van der Waals surface area contributed by atoms with Crippen molar-refractivity contribution in [1.82, 2.24) is 0 Å². The minimum Gasteiger partial charge on any atom is -0.465 e. The maximum atomic E-state index is 11.9. The lowest BCUT2D eigenvalue weighted by Gasteiger charge is -2.24. The highest BCUT2D eigenvalue weighted by Crippen LogP contribution is 2.18. The van der Waals surface area contributed by atoms with Crippen LogP contribution in [0, 0.1) is 5.92 Å². The molecule has 0 aliphatic heterocycles. The van der Waals surface area contributed by atoms with Crippen molar-refractivity contribution in [2.75, 3.05) is 25.1 Å². The average Bonchev–Trinajstić information content (AvgIpc) is 2.43. The molecule has 0 radical (unpaired) electrons. The van der Waals surface area contributed by atoms with E-state index in [9.17, 15) is 9.59 Å². The summed E-state index contributed by atoms with van der Waals surface area (Å²) in [6, 6.07) is 6.79. The Bertz CT molecular complexity index is 458. The van der Waals surface area contributed by atoms with Crippen LogP contribution in [0.4, 0.5) is 5.69 Å². The molecule has 1 rings (SSSR count). The summed E-state index contributed by atoms with van der Waals surface area (Å²) < 4.78 is 4.67. The van der Waals surface area contributed by atoms with Gasteiger partial charge in [0.1, 0.15) is 0 Å². The highest BCUT2D eigenvalue weighted by atomic mass is 16.5. The van der Waals surface area contributed by atoms with E-state index in [1.165, 1.54) is 7.11 Å². The number of hydrogen-bond donors (Lipinski definition) is 1. The number of nitrogens with two attached hydrogens (primary N) is 1. The zero-order valence-electron chi connectivity index (χ0n) is 11.6. The zero-order valence-corrected chi connectivity index (χ0v) is 11.6. The first kappa shape index (κ1) is 15.2. The predicted octanol–water partition coefficient (Wildman–Crippen LogP) is 1.42. The predicted molar refractivity (Wildman–Crippen MR) is 74.0 cm³/mol. The molecule has 1 aromatic carbocycles. The van der Waals surface area contributed by atoms with E-state index in [2.05, 4.69) is 4.74 Å². The van der Waals surface area contributed by atoms with Crippen molar-refractivity contribution in [3.8, 4) is 0 Å². The van der Waals surface area contributed by atoms with Gasteiger partial charge in [0.25, 0.3) is 0 Å². The molecule has 104 valence electrons. The number of rotatable bonds is 5. The van der Waals surface area contributed by atoms with E-state index in [0.717, 1.165) is 0 Å². The molecular weight excluding hydrogens is 244 g/mol. The molecule has 1 amide bonds. The lowest BCUT2D eigenvalue weighted by atomic mass is 10.1. The van der Waals surface area contributed by atoms with E-state index in [1.54, 1.807) is 29.2 Å². The van der Waals surface area contributed by atoms with Crippen LogP contribution in [0.2, 0.25) is 0 Å². The van der Waals surface area contributed by atoms with E-state index < -0.39 is 5.97 Å². The summed E-state index contributed by atoms with van der Waals surface area (Å²) in [5.41, 5.74) is 6.50. The Labute approximate surface area is 113 Å². The second-order valence-electron chi connectivity index (χ2n) is 4.64. The Kier molecular flexibility index (Phi) is 5.51. The molecule has 0 heterocycles. The van der Waals surface area contributed by atoms with Crippen LogP contribution >= 0.6 is 0 Å². The van der Waals surface area contributed by atoms with Gasteiger partial charge in [-0.3, -0.25) is 4.79 Å². The number of carbonyl (C=O) groups is 2. The third-order valence-corrected chi connectivity index (χ3v) is 2.60. The number of methoxy groups -OCH3 is 1. The van der Waals surface area contributed by atoms with Crippen molar-refractivity contribution in [3.63, 3.8) is 0 Å². The highest BCUT2D eigenvalue weighted by Gasteiger charge is 2.17. The molecule has 5 nitrogen and oxygen atoms in total. The lowest BCUT2D eigenvalue weighted by molar-refractivity contribution is -0.117. The van der Waals surface area contributed by atoms with Gasteiger partial charge in [0, 0.05) is 12.2 Å². The fourth-order valence-corrected chi connectivity index (χ4v) is 1.75. The number of nitrogens with zero attached hydrogens (tertiary/aromatic N) is 1. The van der Waals surface area contributed by atoms with Crippen molar-refractivity contribution in [2.45, 2.75) is 13.8 Å². The Morgan fingerprint density at radius 3 is 2.58 bits per heavy atom. The van der Waals surface area contributed by atoms with Gasteiger partial charge in [0.05, 0.1) is 19.2 Å². The fourth-order valence-electron chi connectivity index (χ4n) is 1.75. The number of anilines is 1. The maximum Gasteiger partial charge on any atom is 0.337 e. The molecule has 0 aromatic heterocycles. The minimum absolute atomic E-state index is 0.0603.